The minimum absolute atomic E-state index is 0. The van der Waals surface area contributed by atoms with Crippen molar-refractivity contribution in [3.63, 3.8) is 0 Å². The van der Waals surface area contributed by atoms with E-state index in [1.807, 2.05) is 0 Å². The van der Waals surface area contributed by atoms with Crippen molar-refractivity contribution in [1.82, 2.24) is 0 Å². The van der Waals surface area contributed by atoms with Gasteiger partial charge >= 0.3 is 51.0 Å². The van der Waals surface area contributed by atoms with E-state index in [0.29, 0.717) is 0 Å². The predicted octanol–water partition coefficient (Wildman–Crippen LogP) is -0.278. The van der Waals surface area contributed by atoms with E-state index in [9.17, 15) is 4.79 Å². The van der Waals surface area contributed by atoms with Crippen LogP contribution in [0.5, 0.6) is 0 Å². The van der Waals surface area contributed by atoms with E-state index in [0.717, 1.165) is 6.08 Å². The van der Waals surface area contributed by atoms with Gasteiger partial charge in [-0.05, 0) is 0 Å². The summed E-state index contributed by atoms with van der Waals surface area (Å²) in [5.41, 5.74) is 0. The first-order valence-electron chi connectivity index (χ1n) is 1.12. The normalized spacial score (nSPS) is 5.33. The van der Waals surface area contributed by atoms with Crippen molar-refractivity contribution in [2.24, 2.45) is 0 Å². The Morgan fingerprint density at radius 1 is 1.83 bits per heavy atom. The Bertz CT molecular complexity index is 59.8. The van der Waals surface area contributed by atoms with Crippen molar-refractivity contribution in [1.29, 1.82) is 0 Å². The molecule has 0 saturated carbocycles. The van der Waals surface area contributed by atoms with Gasteiger partial charge in [-0.25, -0.2) is 4.79 Å². The number of hydrogen-bond acceptors (Lipinski definition) is 1. The van der Waals surface area contributed by atoms with Gasteiger partial charge in [0.1, 0.15) is 0 Å². The number of hydrogen-bond donors (Lipinski definition) is 1. The summed E-state index contributed by atoms with van der Waals surface area (Å²) in [4.78, 5) is 9.25. The van der Waals surface area contributed by atoms with Gasteiger partial charge in [-0.15, -0.1) is 0 Å². The van der Waals surface area contributed by atoms with Gasteiger partial charge in [0, 0.05) is 6.08 Å². The van der Waals surface area contributed by atoms with Crippen molar-refractivity contribution < 1.29 is 54.9 Å². The van der Waals surface area contributed by atoms with E-state index in [4.69, 9.17) is 5.11 Å². The Morgan fingerprint density at radius 2 is 2.00 bits per heavy atom. The van der Waals surface area contributed by atoms with Crippen LogP contribution in [0, 0.1) is 45.0 Å². The Hall–Kier alpha value is 0.678. The molecule has 0 atom stereocenters. The molecule has 0 aromatic rings. The Labute approximate surface area is 72.7 Å². The van der Waals surface area contributed by atoms with Gasteiger partial charge in [0.05, 0.1) is 0 Å². The fourth-order valence-corrected chi connectivity index (χ4v) is 0. The number of carboxylic acid groups (broad SMARTS) is 1. The van der Waals surface area contributed by atoms with Crippen LogP contribution in [0.1, 0.15) is 0 Å². The number of aliphatic carboxylic acids is 1. The van der Waals surface area contributed by atoms with E-state index in [-0.39, 0.29) is 45.0 Å². The molecule has 0 heterocycles. The van der Waals surface area contributed by atoms with Crippen LogP contribution in [0.3, 0.4) is 0 Å². The van der Waals surface area contributed by atoms with Crippen LogP contribution in [0.15, 0.2) is 12.7 Å². The maximum absolute atomic E-state index is 9.25. The second-order valence-electron chi connectivity index (χ2n) is 0.542. The van der Waals surface area contributed by atoms with E-state index in [1.54, 1.807) is 0 Å². The maximum atomic E-state index is 9.25. The molecule has 0 rings (SSSR count). The molecule has 0 aliphatic rings. The Balaban J connectivity index is 0. The molecule has 1 N–H and O–H groups in total. The molecular formula is C3H6O2Ra. The Morgan fingerprint density at radius 3 is 2.00 bits per heavy atom. The molecule has 32 valence electrons. The van der Waals surface area contributed by atoms with Gasteiger partial charge in [-0.3, -0.25) is 0 Å². The quantitative estimate of drug-likeness (QED) is 0.677. The third-order valence-corrected chi connectivity index (χ3v) is 0.175. The second kappa shape index (κ2) is 5.68. The van der Waals surface area contributed by atoms with Crippen LogP contribution in [0.2, 0.25) is 0 Å². The molecule has 0 bridgehead atoms. The molecule has 0 amide bonds. The van der Waals surface area contributed by atoms with Gasteiger partial charge in [0.2, 0.25) is 0 Å². The summed E-state index contributed by atoms with van der Waals surface area (Å²) < 4.78 is 0. The molecule has 0 aliphatic heterocycles. The topological polar surface area (TPSA) is 37.3 Å². The third-order valence-electron chi connectivity index (χ3n) is 0.175. The summed E-state index contributed by atoms with van der Waals surface area (Å²) in [7, 11) is 0. The van der Waals surface area contributed by atoms with E-state index in [1.165, 1.54) is 0 Å². The molecule has 0 saturated heterocycles. The SMILES string of the molecule is C=CC(=O)O.[RaH2]. The molecule has 0 spiro atoms. The summed E-state index contributed by atoms with van der Waals surface area (Å²) in [5, 5.41) is 7.60. The number of carbonyl (C=O) groups is 1. The van der Waals surface area contributed by atoms with Crippen molar-refractivity contribution in [2.45, 2.75) is 0 Å². The zero-order chi connectivity index (χ0) is 4.28. The van der Waals surface area contributed by atoms with Gasteiger partial charge in [0.15, 0.2) is 0 Å². The van der Waals surface area contributed by atoms with Crippen LogP contribution in [-0.2, 0) is 4.79 Å². The molecule has 0 unspecified atom stereocenters. The first kappa shape index (κ1) is 9.84. The van der Waals surface area contributed by atoms with Crippen LogP contribution >= 0.6 is 0 Å². The second-order valence-corrected chi connectivity index (χ2v) is 0.542. The van der Waals surface area contributed by atoms with Gasteiger partial charge < -0.3 is 5.11 Å². The fourth-order valence-electron chi connectivity index (χ4n) is 0. The molecule has 0 fully saturated rings. The summed E-state index contributed by atoms with van der Waals surface area (Å²) in [6, 6.07) is 0. The van der Waals surface area contributed by atoms with Crippen LogP contribution in [0.25, 0.3) is 0 Å². The Kier molecular flexibility index (Phi) is 9.31. The van der Waals surface area contributed by atoms with Gasteiger partial charge in [0.25, 0.3) is 0 Å². The van der Waals surface area contributed by atoms with Gasteiger partial charge in [-0.1, -0.05) is 6.58 Å². The fraction of sp³-hybridized carbons (Fsp3) is 0. The number of rotatable bonds is 1. The average Bonchev–Trinajstić information content (AvgIpc) is 1.38. The van der Waals surface area contributed by atoms with Crippen LogP contribution in [-0.4, -0.2) is 11.1 Å². The first-order valence-corrected chi connectivity index (χ1v) is 1.12. The zero-order valence-corrected chi connectivity index (χ0v) is 2.64. The molecular weight excluding hydrogens is 294 g/mol. The molecule has 0 aliphatic carbocycles. The first-order chi connectivity index (χ1) is 2.27. The van der Waals surface area contributed by atoms with E-state index >= 15 is 0 Å². The molecule has 2 nitrogen and oxygen atoms in total. The van der Waals surface area contributed by atoms with Crippen molar-refractivity contribution in [3.05, 3.63) is 12.7 Å². The van der Waals surface area contributed by atoms with Crippen molar-refractivity contribution >= 4 is 5.97 Å². The van der Waals surface area contributed by atoms with E-state index in [2.05, 4.69) is 6.58 Å². The summed E-state index contributed by atoms with van der Waals surface area (Å²) in [5.74, 6) is -0.981. The zero-order valence-electron chi connectivity index (χ0n) is 2.64. The molecule has 0 radical (unpaired) electrons. The standard InChI is InChI=1S/C3H4O2.Ra.2H/c1-2-3(4)5;;;/h2H,1H2,(H,4,5);;;. The van der Waals surface area contributed by atoms with Crippen LogP contribution in [0.4, 0.5) is 0 Å². The summed E-state index contributed by atoms with van der Waals surface area (Å²) >= 11 is 0. The van der Waals surface area contributed by atoms with Crippen LogP contribution < -0.4 is 0 Å². The monoisotopic (exact) mass is 300 g/mol. The van der Waals surface area contributed by atoms with E-state index < -0.39 is 5.97 Å². The van der Waals surface area contributed by atoms with Crippen molar-refractivity contribution in [2.75, 3.05) is 0 Å². The van der Waals surface area contributed by atoms with Crippen molar-refractivity contribution in [3.8, 4) is 0 Å². The molecule has 3 heteroatoms. The summed E-state index contributed by atoms with van der Waals surface area (Å²) in [6.07, 6.45) is 0.833. The minimum atomic E-state index is -0.981. The predicted molar refractivity (Wildman–Crippen MR) is 20.6 cm³/mol. The molecule has 6 heavy (non-hydrogen) atoms. The molecule has 0 aromatic heterocycles. The number of carboxylic acids is 1. The average molecular weight is 300 g/mol. The third kappa shape index (κ3) is 8.82. The van der Waals surface area contributed by atoms with Gasteiger partial charge in [-0.2, -0.15) is 0 Å². The molecule has 0 aromatic carbocycles. The summed E-state index contributed by atoms with van der Waals surface area (Å²) in [6.45, 7) is 2.96.